The fraction of sp³-hybridized carbons (Fsp3) is 0.882. The highest BCUT2D eigenvalue weighted by Crippen LogP contribution is 2.44. The number of piperidine rings is 1. The standard InChI is InChI=1S/C17H27NO3/c19-16(18-10-8-13(9-11-18)17(20)21)15-7-3-5-12-4-1-2-6-14(12)15/h12-15H,1-11H2,(H,20,21). The summed E-state index contributed by atoms with van der Waals surface area (Å²) in [5, 5.41) is 9.06. The van der Waals surface area contributed by atoms with Crippen LogP contribution in [0.15, 0.2) is 0 Å². The van der Waals surface area contributed by atoms with Gasteiger partial charge in [0.1, 0.15) is 0 Å². The molecule has 0 bridgehead atoms. The molecule has 1 N–H and O–H groups in total. The third kappa shape index (κ3) is 3.09. The van der Waals surface area contributed by atoms with E-state index in [9.17, 15) is 9.59 Å². The summed E-state index contributed by atoms with van der Waals surface area (Å²) in [5.74, 6) is 0.992. The summed E-state index contributed by atoms with van der Waals surface area (Å²) in [7, 11) is 0. The second kappa shape index (κ2) is 6.37. The minimum Gasteiger partial charge on any atom is -0.481 e. The summed E-state index contributed by atoms with van der Waals surface area (Å²) in [5.41, 5.74) is 0. The minimum atomic E-state index is -0.702. The predicted octanol–water partition coefficient (Wildman–Crippen LogP) is 2.92. The number of carboxylic acids is 1. The second-order valence-electron chi connectivity index (χ2n) is 7.18. The lowest BCUT2D eigenvalue weighted by Gasteiger charge is -2.43. The van der Waals surface area contributed by atoms with Crippen molar-refractivity contribution < 1.29 is 14.7 Å². The molecule has 1 saturated heterocycles. The smallest absolute Gasteiger partial charge is 0.306 e. The van der Waals surface area contributed by atoms with Crippen molar-refractivity contribution in [2.45, 2.75) is 57.8 Å². The molecule has 2 saturated carbocycles. The first-order valence-electron chi connectivity index (χ1n) is 8.68. The third-order valence-electron chi connectivity index (χ3n) is 6.05. The van der Waals surface area contributed by atoms with E-state index in [0.717, 1.165) is 12.3 Å². The van der Waals surface area contributed by atoms with Crippen molar-refractivity contribution in [3.8, 4) is 0 Å². The van der Waals surface area contributed by atoms with Crippen LogP contribution in [-0.2, 0) is 9.59 Å². The molecule has 118 valence electrons. The third-order valence-corrected chi connectivity index (χ3v) is 6.05. The van der Waals surface area contributed by atoms with Crippen molar-refractivity contribution in [3.63, 3.8) is 0 Å². The molecular formula is C17H27NO3. The number of aliphatic carboxylic acids is 1. The Morgan fingerprint density at radius 1 is 0.857 bits per heavy atom. The molecule has 0 radical (unpaired) electrons. The lowest BCUT2D eigenvalue weighted by atomic mass is 9.65. The molecule has 0 aromatic rings. The minimum absolute atomic E-state index is 0.227. The van der Waals surface area contributed by atoms with Gasteiger partial charge in [-0.2, -0.15) is 0 Å². The van der Waals surface area contributed by atoms with E-state index < -0.39 is 5.97 Å². The quantitative estimate of drug-likeness (QED) is 0.851. The SMILES string of the molecule is O=C(O)C1CCN(C(=O)C2CCCC3CCCCC32)CC1. The maximum absolute atomic E-state index is 12.9. The Hall–Kier alpha value is -1.06. The second-order valence-corrected chi connectivity index (χ2v) is 7.18. The van der Waals surface area contributed by atoms with Gasteiger partial charge in [-0.1, -0.05) is 32.1 Å². The number of hydrogen-bond donors (Lipinski definition) is 1. The first-order valence-corrected chi connectivity index (χ1v) is 8.68. The largest absolute Gasteiger partial charge is 0.481 e. The zero-order valence-electron chi connectivity index (χ0n) is 12.8. The molecule has 4 heteroatoms. The van der Waals surface area contributed by atoms with Gasteiger partial charge in [0, 0.05) is 19.0 Å². The Kier molecular flexibility index (Phi) is 4.51. The fourth-order valence-electron chi connectivity index (χ4n) is 4.83. The zero-order valence-corrected chi connectivity index (χ0v) is 12.8. The normalized spacial score (nSPS) is 34.3. The molecule has 0 aromatic heterocycles. The van der Waals surface area contributed by atoms with Crippen LogP contribution in [0.4, 0.5) is 0 Å². The maximum Gasteiger partial charge on any atom is 0.306 e. The molecule has 0 aromatic carbocycles. The van der Waals surface area contributed by atoms with Crippen LogP contribution < -0.4 is 0 Å². The van der Waals surface area contributed by atoms with Crippen molar-refractivity contribution in [2.75, 3.05) is 13.1 Å². The summed E-state index contributed by atoms with van der Waals surface area (Å²) in [6, 6.07) is 0. The van der Waals surface area contributed by atoms with Gasteiger partial charge in [-0.25, -0.2) is 0 Å². The lowest BCUT2D eigenvalue weighted by Crippen LogP contribution is -2.47. The van der Waals surface area contributed by atoms with Crippen molar-refractivity contribution in [1.29, 1.82) is 0 Å². The molecule has 1 aliphatic heterocycles. The number of rotatable bonds is 2. The van der Waals surface area contributed by atoms with Gasteiger partial charge in [0.2, 0.25) is 5.91 Å². The van der Waals surface area contributed by atoms with Crippen molar-refractivity contribution >= 4 is 11.9 Å². The summed E-state index contributed by atoms with van der Waals surface area (Å²) < 4.78 is 0. The van der Waals surface area contributed by atoms with E-state index in [-0.39, 0.29) is 11.8 Å². The van der Waals surface area contributed by atoms with E-state index in [1.165, 1.54) is 38.5 Å². The zero-order chi connectivity index (χ0) is 14.8. The Balaban J connectivity index is 1.61. The molecule has 2 aliphatic carbocycles. The fourth-order valence-corrected chi connectivity index (χ4v) is 4.83. The van der Waals surface area contributed by atoms with Gasteiger partial charge in [-0.05, 0) is 37.5 Å². The van der Waals surface area contributed by atoms with Crippen LogP contribution >= 0.6 is 0 Å². The van der Waals surface area contributed by atoms with E-state index in [0.29, 0.717) is 37.8 Å². The van der Waals surface area contributed by atoms with Crippen LogP contribution in [0.25, 0.3) is 0 Å². The molecule has 4 nitrogen and oxygen atoms in total. The Morgan fingerprint density at radius 3 is 2.24 bits per heavy atom. The molecule has 3 rings (SSSR count). The van der Waals surface area contributed by atoms with Gasteiger partial charge < -0.3 is 10.0 Å². The topological polar surface area (TPSA) is 57.6 Å². The van der Waals surface area contributed by atoms with E-state index in [2.05, 4.69) is 0 Å². The van der Waals surface area contributed by atoms with E-state index in [1.54, 1.807) is 0 Å². The molecule has 3 fully saturated rings. The summed E-state index contributed by atoms with van der Waals surface area (Å²) >= 11 is 0. The van der Waals surface area contributed by atoms with Crippen LogP contribution in [0.2, 0.25) is 0 Å². The van der Waals surface area contributed by atoms with Crippen LogP contribution in [0.3, 0.4) is 0 Å². The van der Waals surface area contributed by atoms with Gasteiger partial charge in [0.25, 0.3) is 0 Å². The molecule has 21 heavy (non-hydrogen) atoms. The first kappa shape index (κ1) is 14.9. The molecule has 0 spiro atoms. The van der Waals surface area contributed by atoms with Crippen molar-refractivity contribution in [1.82, 2.24) is 4.90 Å². The highest BCUT2D eigenvalue weighted by molar-refractivity contribution is 5.80. The Labute approximate surface area is 126 Å². The number of carbonyl (C=O) groups excluding carboxylic acids is 1. The molecule has 3 atom stereocenters. The van der Waals surface area contributed by atoms with Crippen LogP contribution in [0, 0.1) is 23.7 Å². The Morgan fingerprint density at radius 2 is 1.52 bits per heavy atom. The average Bonchev–Trinajstić information content (AvgIpc) is 2.53. The van der Waals surface area contributed by atoms with Gasteiger partial charge in [-0.3, -0.25) is 9.59 Å². The van der Waals surface area contributed by atoms with Gasteiger partial charge >= 0.3 is 5.97 Å². The lowest BCUT2D eigenvalue weighted by molar-refractivity contribution is -0.148. The van der Waals surface area contributed by atoms with Gasteiger partial charge in [-0.15, -0.1) is 0 Å². The summed E-state index contributed by atoms with van der Waals surface area (Å²) in [4.78, 5) is 25.8. The van der Waals surface area contributed by atoms with Gasteiger partial charge in [0.15, 0.2) is 0 Å². The average molecular weight is 293 g/mol. The number of fused-ring (bicyclic) bond motifs is 1. The monoisotopic (exact) mass is 293 g/mol. The number of carbonyl (C=O) groups is 2. The van der Waals surface area contributed by atoms with Crippen molar-refractivity contribution in [3.05, 3.63) is 0 Å². The van der Waals surface area contributed by atoms with Crippen molar-refractivity contribution in [2.24, 2.45) is 23.7 Å². The molecule has 1 amide bonds. The number of carboxylic acid groups (broad SMARTS) is 1. The number of amides is 1. The summed E-state index contributed by atoms with van der Waals surface area (Å²) in [6.45, 7) is 1.29. The molecular weight excluding hydrogens is 266 g/mol. The van der Waals surface area contributed by atoms with Crippen LogP contribution in [-0.4, -0.2) is 35.0 Å². The predicted molar refractivity (Wildman–Crippen MR) is 79.7 cm³/mol. The van der Waals surface area contributed by atoms with E-state index in [4.69, 9.17) is 5.11 Å². The molecule has 3 aliphatic rings. The summed E-state index contributed by atoms with van der Waals surface area (Å²) in [6.07, 6.45) is 9.99. The highest BCUT2D eigenvalue weighted by atomic mass is 16.4. The van der Waals surface area contributed by atoms with Gasteiger partial charge in [0.05, 0.1) is 5.92 Å². The number of nitrogens with zero attached hydrogens (tertiary/aromatic N) is 1. The van der Waals surface area contributed by atoms with Crippen LogP contribution in [0.5, 0.6) is 0 Å². The highest BCUT2D eigenvalue weighted by Gasteiger charge is 2.40. The van der Waals surface area contributed by atoms with Crippen LogP contribution in [0.1, 0.15) is 57.8 Å². The molecule has 3 unspecified atom stereocenters. The molecule has 1 heterocycles. The maximum atomic E-state index is 12.9. The Bertz CT molecular complexity index is 399. The number of hydrogen-bond acceptors (Lipinski definition) is 2. The first-order chi connectivity index (χ1) is 10.2. The number of likely N-dealkylation sites (tertiary alicyclic amines) is 1. The van der Waals surface area contributed by atoms with E-state index in [1.807, 2.05) is 4.90 Å². The van der Waals surface area contributed by atoms with E-state index >= 15 is 0 Å².